The molecule has 1 aliphatic rings. The summed E-state index contributed by atoms with van der Waals surface area (Å²) >= 11 is 3.33. The lowest BCUT2D eigenvalue weighted by molar-refractivity contribution is 0.0637. The smallest absolute Gasteiger partial charge is 0.218 e. The third-order valence-electron chi connectivity index (χ3n) is 3.86. The number of hydrogen-bond acceptors (Lipinski definition) is 3. The first-order chi connectivity index (χ1) is 9.40. The number of benzene rings is 1. The Morgan fingerprint density at radius 1 is 1.25 bits per heavy atom. The second kappa shape index (κ2) is 6.56. The summed E-state index contributed by atoms with van der Waals surface area (Å²) in [6.07, 6.45) is 2.81. The van der Waals surface area contributed by atoms with E-state index in [-0.39, 0.29) is 11.8 Å². The lowest BCUT2D eigenvalue weighted by Crippen LogP contribution is -2.46. The summed E-state index contributed by atoms with van der Waals surface area (Å²) in [6.45, 7) is 0. The Morgan fingerprint density at radius 3 is 2.45 bits per heavy atom. The van der Waals surface area contributed by atoms with Gasteiger partial charge in [0, 0.05) is 11.5 Å². The Morgan fingerprint density at radius 2 is 1.85 bits per heavy atom. The highest BCUT2D eigenvalue weighted by Crippen LogP contribution is 2.25. The van der Waals surface area contributed by atoms with E-state index in [4.69, 9.17) is 0 Å². The monoisotopic (exact) mass is 361 g/mol. The van der Waals surface area contributed by atoms with Crippen molar-refractivity contribution in [1.82, 2.24) is 4.31 Å². The number of aliphatic hydroxyl groups excluding tert-OH is 1. The second-order valence-electron chi connectivity index (χ2n) is 5.32. The maximum Gasteiger partial charge on any atom is 0.218 e. The summed E-state index contributed by atoms with van der Waals surface area (Å²) in [5.41, 5.74) is 0.755. The number of rotatable bonds is 4. The maximum atomic E-state index is 12.4. The van der Waals surface area contributed by atoms with E-state index in [0.717, 1.165) is 29.3 Å². The van der Waals surface area contributed by atoms with Crippen molar-refractivity contribution < 1.29 is 13.5 Å². The van der Waals surface area contributed by atoms with Crippen LogP contribution in [0.4, 0.5) is 0 Å². The summed E-state index contributed by atoms with van der Waals surface area (Å²) in [6, 6.07) is 6.98. The van der Waals surface area contributed by atoms with Gasteiger partial charge in [0.05, 0.1) is 17.9 Å². The zero-order chi connectivity index (χ0) is 14.8. The second-order valence-corrected chi connectivity index (χ2v) is 8.26. The molecule has 0 radical (unpaired) electrons. The number of sulfonamides is 1. The molecular formula is C14H20BrNO3S. The Labute approximate surface area is 129 Å². The van der Waals surface area contributed by atoms with Gasteiger partial charge in [-0.05, 0) is 30.5 Å². The highest BCUT2D eigenvalue weighted by atomic mass is 79.9. The standard InChI is InChI=1S/C14H20BrNO3S/c1-16(13-4-2-3-5-14(13)17)20(18,19)10-11-6-8-12(15)9-7-11/h6-9,13-14,17H,2-5,10H2,1H3/t13-,14-/m1/s1. The quantitative estimate of drug-likeness (QED) is 0.896. The zero-order valence-electron chi connectivity index (χ0n) is 11.5. The number of halogens is 1. The molecule has 1 N–H and O–H groups in total. The summed E-state index contributed by atoms with van der Waals surface area (Å²) < 4.78 is 27.2. The molecule has 0 saturated heterocycles. The van der Waals surface area contributed by atoms with Crippen LogP contribution in [0.25, 0.3) is 0 Å². The number of aliphatic hydroxyl groups is 1. The third kappa shape index (κ3) is 3.81. The van der Waals surface area contributed by atoms with E-state index in [1.807, 2.05) is 12.1 Å². The molecule has 2 rings (SSSR count). The Bertz CT molecular complexity index is 544. The van der Waals surface area contributed by atoms with Gasteiger partial charge in [0.15, 0.2) is 0 Å². The van der Waals surface area contributed by atoms with E-state index >= 15 is 0 Å². The number of likely N-dealkylation sites (N-methyl/N-ethyl adjacent to an activating group) is 1. The third-order valence-corrected chi connectivity index (χ3v) is 6.24. The SMILES string of the molecule is CN([C@@H]1CCCC[C@H]1O)S(=O)(=O)Cc1ccc(Br)cc1. The van der Waals surface area contributed by atoms with Gasteiger partial charge >= 0.3 is 0 Å². The zero-order valence-corrected chi connectivity index (χ0v) is 13.9. The molecule has 20 heavy (non-hydrogen) atoms. The fraction of sp³-hybridized carbons (Fsp3) is 0.571. The van der Waals surface area contributed by atoms with Crippen LogP contribution in [-0.2, 0) is 15.8 Å². The molecule has 1 aromatic carbocycles. The minimum Gasteiger partial charge on any atom is -0.391 e. The highest BCUT2D eigenvalue weighted by Gasteiger charge is 2.33. The van der Waals surface area contributed by atoms with Gasteiger partial charge < -0.3 is 5.11 Å². The van der Waals surface area contributed by atoms with E-state index in [1.165, 1.54) is 4.31 Å². The lowest BCUT2D eigenvalue weighted by atomic mass is 9.93. The van der Waals surface area contributed by atoms with Crippen molar-refractivity contribution in [3.63, 3.8) is 0 Å². The van der Waals surface area contributed by atoms with Crippen molar-refractivity contribution in [3.8, 4) is 0 Å². The van der Waals surface area contributed by atoms with Gasteiger partial charge in [-0.1, -0.05) is 40.9 Å². The molecule has 0 spiro atoms. The molecule has 0 amide bonds. The molecule has 0 bridgehead atoms. The van der Waals surface area contributed by atoms with Crippen LogP contribution in [-0.4, -0.2) is 37.0 Å². The predicted octanol–water partition coefficient (Wildman–Crippen LogP) is 2.51. The number of hydrogen-bond donors (Lipinski definition) is 1. The summed E-state index contributed by atoms with van der Waals surface area (Å²) in [5.74, 6) is -0.0278. The molecule has 1 aliphatic carbocycles. The topological polar surface area (TPSA) is 57.6 Å². The van der Waals surface area contributed by atoms with Crippen molar-refractivity contribution in [2.24, 2.45) is 0 Å². The Balaban J connectivity index is 2.10. The van der Waals surface area contributed by atoms with Gasteiger partial charge in [-0.25, -0.2) is 8.42 Å². The first-order valence-corrected chi connectivity index (χ1v) is 9.18. The molecule has 0 heterocycles. The summed E-state index contributed by atoms with van der Waals surface area (Å²) in [7, 11) is -1.82. The van der Waals surface area contributed by atoms with Crippen LogP contribution in [0.1, 0.15) is 31.2 Å². The molecule has 0 aromatic heterocycles. The highest BCUT2D eigenvalue weighted by molar-refractivity contribution is 9.10. The van der Waals surface area contributed by atoms with Gasteiger partial charge in [-0.3, -0.25) is 0 Å². The molecule has 1 fully saturated rings. The molecule has 2 atom stereocenters. The van der Waals surface area contributed by atoms with Crippen molar-refractivity contribution in [1.29, 1.82) is 0 Å². The van der Waals surface area contributed by atoms with Crippen molar-refractivity contribution in [2.75, 3.05) is 7.05 Å². The van der Waals surface area contributed by atoms with Crippen LogP contribution in [0, 0.1) is 0 Å². The minimum absolute atomic E-state index is 0.0278. The van der Waals surface area contributed by atoms with E-state index < -0.39 is 16.1 Å². The largest absolute Gasteiger partial charge is 0.391 e. The number of nitrogens with zero attached hydrogens (tertiary/aromatic N) is 1. The van der Waals surface area contributed by atoms with Crippen molar-refractivity contribution >= 4 is 26.0 Å². The van der Waals surface area contributed by atoms with Gasteiger partial charge in [-0.15, -0.1) is 0 Å². The molecule has 0 aliphatic heterocycles. The van der Waals surface area contributed by atoms with E-state index in [9.17, 15) is 13.5 Å². The van der Waals surface area contributed by atoms with Gasteiger partial charge in [0.25, 0.3) is 0 Å². The molecule has 0 unspecified atom stereocenters. The lowest BCUT2D eigenvalue weighted by Gasteiger charge is -2.34. The van der Waals surface area contributed by atoms with Crippen LogP contribution in [0.5, 0.6) is 0 Å². The first kappa shape index (κ1) is 15.9. The van der Waals surface area contributed by atoms with Crippen LogP contribution in [0.3, 0.4) is 0 Å². The van der Waals surface area contributed by atoms with E-state index in [1.54, 1.807) is 19.2 Å². The van der Waals surface area contributed by atoms with E-state index in [2.05, 4.69) is 15.9 Å². The molecule has 1 saturated carbocycles. The normalized spacial score (nSPS) is 24.0. The maximum absolute atomic E-state index is 12.4. The van der Waals surface area contributed by atoms with Crippen LogP contribution >= 0.6 is 15.9 Å². The Hall–Kier alpha value is -0.430. The van der Waals surface area contributed by atoms with Gasteiger partial charge in [-0.2, -0.15) is 4.31 Å². The fourth-order valence-electron chi connectivity index (χ4n) is 2.62. The van der Waals surface area contributed by atoms with Crippen molar-refractivity contribution in [2.45, 2.75) is 43.6 Å². The molecule has 6 heteroatoms. The van der Waals surface area contributed by atoms with Gasteiger partial charge in [0.1, 0.15) is 0 Å². The Kier molecular flexibility index (Phi) is 5.23. The minimum atomic E-state index is -3.40. The average Bonchev–Trinajstić information content (AvgIpc) is 2.41. The molecule has 112 valence electrons. The molecular weight excluding hydrogens is 342 g/mol. The van der Waals surface area contributed by atoms with Crippen LogP contribution in [0.2, 0.25) is 0 Å². The van der Waals surface area contributed by atoms with Crippen molar-refractivity contribution in [3.05, 3.63) is 34.3 Å². The van der Waals surface area contributed by atoms with Crippen LogP contribution in [0.15, 0.2) is 28.7 Å². The predicted molar refractivity (Wildman–Crippen MR) is 82.8 cm³/mol. The van der Waals surface area contributed by atoms with E-state index in [0.29, 0.717) is 6.42 Å². The summed E-state index contributed by atoms with van der Waals surface area (Å²) in [5, 5.41) is 9.99. The fourth-order valence-corrected chi connectivity index (χ4v) is 4.36. The molecule has 1 aromatic rings. The van der Waals surface area contributed by atoms with Crippen LogP contribution < -0.4 is 0 Å². The average molecular weight is 362 g/mol. The summed E-state index contributed by atoms with van der Waals surface area (Å²) in [4.78, 5) is 0. The van der Waals surface area contributed by atoms with Gasteiger partial charge in [0.2, 0.25) is 10.0 Å². The molecule has 4 nitrogen and oxygen atoms in total. The first-order valence-electron chi connectivity index (χ1n) is 6.78.